The van der Waals surface area contributed by atoms with Crippen LogP contribution in [0.2, 0.25) is 0 Å². The second-order valence-corrected chi connectivity index (χ2v) is 5.40. The first-order chi connectivity index (χ1) is 9.45. The standard InChI is InChI=1S/C14H20FN3O2/c1-17(2)8-12-7-13(19)9-18(12)14(20)16-11-5-3-4-10(15)6-11/h3-6,12-13,19H,7-9H2,1-2H3,(H,16,20). The van der Waals surface area contributed by atoms with E-state index in [9.17, 15) is 14.3 Å². The summed E-state index contributed by atoms with van der Waals surface area (Å²) in [5, 5.41) is 12.4. The van der Waals surface area contributed by atoms with Gasteiger partial charge in [-0.15, -0.1) is 0 Å². The number of halogens is 1. The van der Waals surface area contributed by atoms with E-state index in [1.54, 1.807) is 17.0 Å². The molecule has 20 heavy (non-hydrogen) atoms. The molecule has 1 aromatic rings. The highest BCUT2D eigenvalue weighted by atomic mass is 19.1. The molecule has 5 nitrogen and oxygen atoms in total. The lowest BCUT2D eigenvalue weighted by Crippen LogP contribution is -2.43. The third-order valence-electron chi connectivity index (χ3n) is 3.31. The predicted molar refractivity (Wildman–Crippen MR) is 75.1 cm³/mol. The fourth-order valence-corrected chi connectivity index (χ4v) is 2.50. The van der Waals surface area contributed by atoms with Crippen LogP contribution in [0.3, 0.4) is 0 Å². The Labute approximate surface area is 118 Å². The van der Waals surface area contributed by atoms with E-state index < -0.39 is 11.9 Å². The van der Waals surface area contributed by atoms with Gasteiger partial charge in [0.25, 0.3) is 0 Å². The van der Waals surface area contributed by atoms with Crippen molar-refractivity contribution in [2.45, 2.75) is 18.6 Å². The molecule has 2 rings (SSSR count). The van der Waals surface area contributed by atoms with Crippen molar-refractivity contribution in [3.8, 4) is 0 Å². The molecule has 110 valence electrons. The topological polar surface area (TPSA) is 55.8 Å². The van der Waals surface area contributed by atoms with Gasteiger partial charge >= 0.3 is 6.03 Å². The van der Waals surface area contributed by atoms with Gasteiger partial charge in [-0.25, -0.2) is 9.18 Å². The summed E-state index contributed by atoms with van der Waals surface area (Å²) in [5.41, 5.74) is 0.417. The van der Waals surface area contributed by atoms with Crippen LogP contribution in [0.4, 0.5) is 14.9 Å². The Morgan fingerprint density at radius 3 is 2.95 bits per heavy atom. The van der Waals surface area contributed by atoms with E-state index in [4.69, 9.17) is 0 Å². The van der Waals surface area contributed by atoms with Gasteiger partial charge in [-0.2, -0.15) is 0 Å². The SMILES string of the molecule is CN(C)CC1CC(O)CN1C(=O)Nc1cccc(F)c1. The average molecular weight is 281 g/mol. The van der Waals surface area contributed by atoms with Gasteiger partial charge in [-0.3, -0.25) is 0 Å². The van der Waals surface area contributed by atoms with Gasteiger partial charge in [0.2, 0.25) is 0 Å². The van der Waals surface area contributed by atoms with E-state index >= 15 is 0 Å². The summed E-state index contributed by atoms with van der Waals surface area (Å²) in [6.07, 6.45) is 0.0626. The van der Waals surface area contributed by atoms with Crippen LogP contribution in [0.25, 0.3) is 0 Å². The molecule has 0 bridgehead atoms. The molecular formula is C14H20FN3O2. The van der Waals surface area contributed by atoms with E-state index in [-0.39, 0.29) is 12.1 Å². The van der Waals surface area contributed by atoms with Crippen molar-refractivity contribution in [1.29, 1.82) is 0 Å². The number of hydrogen-bond donors (Lipinski definition) is 2. The van der Waals surface area contributed by atoms with Crippen molar-refractivity contribution in [3.05, 3.63) is 30.1 Å². The minimum absolute atomic E-state index is 0.0337. The maximum Gasteiger partial charge on any atom is 0.322 e. The van der Waals surface area contributed by atoms with Crippen LogP contribution >= 0.6 is 0 Å². The van der Waals surface area contributed by atoms with Gasteiger partial charge in [0.05, 0.1) is 6.10 Å². The Kier molecular flexibility index (Phi) is 4.57. The Morgan fingerprint density at radius 1 is 1.55 bits per heavy atom. The number of anilines is 1. The van der Waals surface area contributed by atoms with Crippen molar-refractivity contribution in [3.63, 3.8) is 0 Å². The largest absolute Gasteiger partial charge is 0.391 e. The molecule has 2 atom stereocenters. The molecule has 1 aliphatic heterocycles. The highest BCUT2D eigenvalue weighted by molar-refractivity contribution is 5.89. The molecule has 1 aliphatic rings. The number of nitrogens with one attached hydrogen (secondary N) is 1. The van der Waals surface area contributed by atoms with E-state index in [0.29, 0.717) is 25.2 Å². The van der Waals surface area contributed by atoms with Gasteiger partial charge in [0.1, 0.15) is 5.82 Å². The second kappa shape index (κ2) is 6.19. The molecule has 1 heterocycles. The quantitative estimate of drug-likeness (QED) is 0.879. The summed E-state index contributed by atoms with van der Waals surface area (Å²) in [6.45, 7) is 0.993. The first kappa shape index (κ1) is 14.7. The van der Waals surface area contributed by atoms with Crippen LogP contribution in [-0.2, 0) is 0 Å². The monoisotopic (exact) mass is 281 g/mol. The Balaban J connectivity index is 2.03. The summed E-state index contributed by atoms with van der Waals surface area (Å²) < 4.78 is 13.1. The summed E-state index contributed by atoms with van der Waals surface area (Å²) in [5.74, 6) is -0.394. The molecule has 0 spiro atoms. The molecule has 0 saturated carbocycles. The molecule has 1 fully saturated rings. The first-order valence-corrected chi connectivity index (χ1v) is 6.61. The first-order valence-electron chi connectivity index (χ1n) is 6.61. The van der Waals surface area contributed by atoms with Gasteiger partial charge < -0.3 is 20.2 Å². The van der Waals surface area contributed by atoms with Crippen molar-refractivity contribution < 1.29 is 14.3 Å². The molecule has 1 aromatic carbocycles. The number of urea groups is 1. The molecule has 0 aromatic heterocycles. The zero-order chi connectivity index (χ0) is 14.7. The summed E-state index contributed by atoms with van der Waals surface area (Å²) >= 11 is 0. The molecule has 2 unspecified atom stereocenters. The van der Waals surface area contributed by atoms with Crippen LogP contribution < -0.4 is 5.32 Å². The number of carbonyl (C=O) groups excluding carboxylic acids is 1. The van der Waals surface area contributed by atoms with Gasteiger partial charge in [0, 0.05) is 24.8 Å². The van der Waals surface area contributed by atoms with Gasteiger partial charge in [-0.05, 0) is 38.7 Å². The molecule has 2 amide bonds. The molecule has 2 N–H and O–H groups in total. The molecule has 6 heteroatoms. The Morgan fingerprint density at radius 2 is 2.30 bits per heavy atom. The number of likely N-dealkylation sites (N-methyl/N-ethyl adjacent to an activating group) is 1. The van der Waals surface area contributed by atoms with Crippen molar-refractivity contribution >= 4 is 11.7 Å². The minimum atomic E-state index is -0.502. The normalized spacial score (nSPS) is 22.4. The van der Waals surface area contributed by atoms with Crippen LogP contribution in [0.15, 0.2) is 24.3 Å². The lowest BCUT2D eigenvalue weighted by molar-refractivity contribution is 0.174. The number of β-amino-alcohol motifs (C(OH)–C–C–N with tert-alkyl or cyclic N) is 1. The lowest BCUT2D eigenvalue weighted by Gasteiger charge is -2.27. The number of benzene rings is 1. The maximum atomic E-state index is 13.1. The van der Waals surface area contributed by atoms with Gasteiger partial charge in [-0.1, -0.05) is 6.07 Å². The number of amides is 2. The number of nitrogens with zero attached hydrogens (tertiary/aromatic N) is 2. The van der Waals surface area contributed by atoms with Crippen molar-refractivity contribution in [2.75, 3.05) is 32.5 Å². The van der Waals surface area contributed by atoms with Crippen molar-refractivity contribution in [1.82, 2.24) is 9.80 Å². The maximum absolute atomic E-state index is 13.1. The highest BCUT2D eigenvalue weighted by Crippen LogP contribution is 2.20. The van der Waals surface area contributed by atoms with E-state index in [0.717, 1.165) is 0 Å². The van der Waals surface area contributed by atoms with E-state index in [2.05, 4.69) is 5.32 Å². The molecule has 1 saturated heterocycles. The van der Waals surface area contributed by atoms with Crippen LogP contribution in [0.5, 0.6) is 0 Å². The summed E-state index contributed by atoms with van der Waals surface area (Å²) in [6, 6.07) is 5.43. The number of hydrogen-bond acceptors (Lipinski definition) is 3. The molecular weight excluding hydrogens is 261 g/mol. The third-order valence-corrected chi connectivity index (χ3v) is 3.31. The van der Waals surface area contributed by atoms with Crippen LogP contribution in [-0.4, -0.2) is 60.3 Å². The Hall–Kier alpha value is -1.66. The lowest BCUT2D eigenvalue weighted by atomic mass is 10.2. The van der Waals surface area contributed by atoms with Crippen molar-refractivity contribution in [2.24, 2.45) is 0 Å². The third kappa shape index (κ3) is 3.68. The van der Waals surface area contributed by atoms with Gasteiger partial charge in [0.15, 0.2) is 0 Å². The zero-order valence-corrected chi connectivity index (χ0v) is 11.7. The summed E-state index contributed by atoms with van der Waals surface area (Å²) in [4.78, 5) is 15.8. The number of likely N-dealkylation sites (tertiary alicyclic amines) is 1. The fourth-order valence-electron chi connectivity index (χ4n) is 2.50. The fraction of sp³-hybridized carbons (Fsp3) is 0.500. The van der Waals surface area contributed by atoms with Crippen LogP contribution in [0.1, 0.15) is 6.42 Å². The van der Waals surface area contributed by atoms with E-state index in [1.165, 1.54) is 12.1 Å². The molecule has 0 aliphatic carbocycles. The highest BCUT2D eigenvalue weighted by Gasteiger charge is 2.34. The van der Waals surface area contributed by atoms with Crippen LogP contribution in [0, 0.1) is 5.82 Å². The Bertz CT molecular complexity index is 481. The molecule has 0 radical (unpaired) electrons. The smallest absolute Gasteiger partial charge is 0.322 e. The number of carbonyl (C=O) groups is 1. The average Bonchev–Trinajstić information content (AvgIpc) is 2.69. The zero-order valence-electron chi connectivity index (χ0n) is 11.7. The number of aliphatic hydroxyl groups is 1. The number of aliphatic hydroxyl groups excluding tert-OH is 1. The van der Waals surface area contributed by atoms with E-state index in [1.807, 2.05) is 19.0 Å². The summed E-state index contributed by atoms with van der Waals surface area (Å²) in [7, 11) is 3.85. The number of rotatable bonds is 3. The second-order valence-electron chi connectivity index (χ2n) is 5.40. The minimum Gasteiger partial charge on any atom is -0.391 e. The predicted octanol–water partition coefficient (Wildman–Crippen LogP) is 1.35.